The van der Waals surface area contributed by atoms with Crippen molar-refractivity contribution in [2.75, 3.05) is 0 Å². The number of benzene rings is 9. The highest BCUT2D eigenvalue weighted by atomic mass is 16.5. The minimum atomic E-state index is -0.0513. The molecule has 1 nitrogen and oxygen atoms in total. The molecule has 0 aromatic heterocycles. The SMILES string of the molecule is C1=CC2Oc3c(-c4ccc5ccc6cccc7ccc4c5c67)cc(-c4ccc5ccccc5c4)cc3C2C=C1c1ccc2ccccc2c1. The van der Waals surface area contributed by atoms with Crippen LogP contribution in [-0.4, -0.2) is 6.10 Å². The van der Waals surface area contributed by atoms with Crippen LogP contribution in [0.2, 0.25) is 0 Å². The van der Waals surface area contributed by atoms with Crippen LogP contribution < -0.4 is 4.74 Å². The van der Waals surface area contributed by atoms with Crippen LogP contribution in [0.3, 0.4) is 0 Å². The molecular weight excluding hydrogens is 593 g/mol. The Bertz CT molecular complexity index is 2850. The third kappa shape index (κ3) is 4.06. The first kappa shape index (κ1) is 26.8. The molecule has 49 heavy (non-hydrogen) atoms. The molecule has 1 aliphatic heterocycles. The van der Waals surface area contributed by atoms with Gasteiger partial charge in [0.15, 0.2) is 0 Å². The Balaban J connectivity index is 1.15. The van der Waals surface area contributed by atoms with Gasteiger partial charge in [-0.15, -0.1) is 0 Å². The molecule has 2 atom stereocenters. The zero-order chi connectivity index (χ0) is 32.1. The van der Waals surface area contributed by atoms with Gasteiger partial charge in [0.25, 0.3) is 0 Å². The van der Waals surface area contributed by atoms with E-state index < -0.39 is 0 Å². The summed E-state index contributed by atoms with van der Waals surface area (Å²) in [6, 6.07) is 55.9. The molecule has 9 aromatic carbocycles. The standard InChI is InChI=1S/C48H30O/c1-3-8-34-24-36(16-12-29(34)6-1)38-20-23-45-42(26-38)44-28-39(37-17-13-30-7-2-4-9-35(30)25-37)27-43(48(44)49-45)40-21-18-33-15-14-31-10-5-11-32-19-22-41(40)47(33)46(31)32/h1-28,42,45H. The van der Waals surface area contributed by atoms with Crippen LogP contribution in [0, 0.1) is 0 Å². The molecule has 0 saturated carbocycles. The molecule has 11 rings (SSSR count). The Hall–Kier alpha value is -6.18. The molecule has 1 aliphatic carbocycles. The Morgan fingerprint density at radius 2 is 1.04 bits per heavy atom. The van der Waals surface area contributed by atoms with Crippen molar-refractivity contribution in [1.82, 2.24) is 0 Å². The average molecular weight is 623 g/mol. The highest BCUT2D eigenvalue weighted by Gasteiger charge is 2.36. The predicted octanol–water partition coefficient (Wildman–Crippen LogP) is 12.7. The summed E-state index contributed by atoms with van der Waals surface area (Å²) in [7, 11) is 0. The molecule has 0 N–H and O–H groups in total. The number of fused-ring (bicyclic) bond motifs is 5. The van der Waals surface area contributed by atoms with E-state index in [-0.39, 0.29) is 12.0 Å². The monoisotopic (exact) mass is 622 g/mol. The second kappa shape index (κ2) is 10.2. The van der Waals surface area contributed by atoms with Crippen molar-refractivity contribution in [3.8, 4) is 28.0 Å². The number of ether oxygens (including phenoxy) is 1. The van der Waals surface area contributed by atoms with Gasteiger partial charge in [0.1, 0.15) is 11.9 Å². The van der Waals surface area contributed by atoms with Gasteiger partial charge in [-0.25, -0.2) is 0 Å². The number of allylic oxidation sites excluding steroid dienone is 2. The minimum Gasteiger partial charge on any atom is -0.484 e. The maximum Gasteiger partial charge on any atom is 0.132 e. The van der Waals surface area contributed by atoms with E-state index in [1.165, 1.54) is 87.3 Å². The van der Waals surface area contributed by atoms with E-state index in [1.54, 1.807) is 0 Å². The van der Waals surface area contributed by atoms with Crippen molar-refractivity contribution in [3.05, 3.63) is 181 Å². The highest BCUT2D eigenvalue weighted by Crippen LogP contribution is 2.52. The smallest absolute Gasteiger partial charge is 0.132 e. The molecule has 9 aromatic rings. The van der Waals surface area contributed by atoms with Gasteiger partial charge in [-0.05, 0) is 112 Å². The first-order valence-corrected chi connectivity index (χ1v) is 17.2. The van der Waals surface area contributed by atoms with E-state index in [0.29, 0.717) is 0 Å². The van der Waals surface area contributed by atoms with Crippen LogP contribution in [0.1, 0.15) is 17.0 Å². The van der Waals surface area contributed by atoms with Crippen LogP contribution in [-0.2, 0) is 0 Å². The van der Waals surface area contributed by atoms with Gasteiger partial charge < -0.3 is 4.74 Å². The van der Waals surface area contributed by atoms with Crippen LogP contribution in [0.15, 0.2) is 170 Å². The summed E-state index contributed by atoms with van der Waals surface area (Å²) >= 11 is 0. The topological polar surface area (TPSA) is 9.23 Å². The van der Waals surface area contributed by atoms with Crippen molar-refractivity contribution in [2.45, 2.75) is 12.0 Å². The Morgan fingerprint density at radius 3 is 1.82 bits per heavy atom. The third-order valence-electron chi connectivity index (χ3n) is 10.9. The highest BCUT2D eigenvalue weighted by molar-refractivity contribution is 6.25. The van der Waals surface area contributed by atoms with E-state index >= 15 is 0 Å². The summed E-state index contributed by atoms with van der Waals surface area (Å²) in [5.41, 5.74) is 8.52. The quantitative estimate of drug-likeness (QED) is 0.178. The first-order chi connectivity index (χ1) is 24.2. The molecule has 0 fully saturated rings. The Kier molecular flexibility index (Phi) is 5.57. The Labute approximate surface area is 284 Å². The lowest BCUT2D eigenvalue weighted by Gasteiger charge is -2.19. The fourth-order valence-corrected chi connectivity index (χ4v) is 8.48. The Morgan fingerprint density at radius 1 is 0.429 bits per heavy atom. The molecule has 0 bridgehead atoms. The molecule has 2 unspecified atom stereocenters. The molecule has 0 spiro atoms. The van der Waals surface area contributed by atoms with Crippen LogP contribution in [0.5, 0.6) is 5.75 Å². The molecule has 0 amide bonds. The molecule has 1 heteroatoms. The van der Waals surface area contributed by atoms with Gasteiger partial charge in [-0.1, -0.05) is 140 Å². The van der Waals surface area contributed by atoms with Crippen molar-refractivity contribution in [3.63, 3.8) is 0 Å². The summed E-state index contributed by atoms with van der Waals surface area (Å²) < 4.78 is 6.97. The van der Waals surface area contributed by atoms with Crippen LogP contribution in [0.4, 0.5) is 0 Å². The van der Waals surface area contributed by atoms with Gasteiger partial charge >= 0.3 is 0 Å². The van der Waals surface area contributed by atoms with Crippen molar-refractivity contribution >= 4 is 59.4 Å². The number of hydrogen-bond donors (Lipinski definition) is 0. The minimum absolute atomic E-state index is 0.0513. The maximum atomic E-state index is 6.97. The second-order valence-electron chi connectivity index (χ2n) is 13.6. The van der Waals surface area contributed by atoms with Crippen molar-refractivity contribution < 1.29 is 4.74 Å². The summed E-state index contributed by atoms with van der Waals surface area (Å²) in [5.74, 6) is 1.11. The van der Waals surface area contributed by atoms with Crippen LogP contribution in [0.25, 0.3) is 81.7 Å². The van der Waals surface area contributed by atoms with Gasteiger partial charge in [-0.2, -0.15) is 0 Å². The fraction of sp³-hybridized carbons (Fsp3) is 0.0417. The molecule has 2 aliphatic rings. The normalized spacial score (nSPS) is 16.8. The van der Waals surface area contributed by atoms with E-state index in [0.717, 1.165) is 11.3 Å². The zero-order valence-electron chi connectivity index (χ0n) is 26.7. The largest absolute Gasteiger partial charge is 0.484 e. The van der Waals surface area contributed by atoms with E-state index in [4.69, 9.17) is 4.74 Å². The van der Waals surface area contributed by atoms with Gasteiger partial charge in [0.2, 0.25) is 0 Å². The molecule has 1 heterocycles. The molecular formula is C48H30O. The maximum absolute atomic E-state index is 6.97. The third-order valence-corrected chi connectivity index (χ3v) is 10.9. The molecule has 228 valence electrons. The lowest BCUT2D eigenvalue weighted by molar-refractivity contribution is 0.270. The summed E-state index contributed by atoms with van der Waals surface area (Å²) in [5, 5.41) is 12.8. The van der Waals surface area contributed by atoms with Gasteiger partial charge in [0.05, 0.1) is 0 Å². The van der Waals surface area contributed by atoms with E-state index in [1.807, 2.05) is 0 Å². The molecule has 0 saturated heterocycles. The molecule has 0 radical (unpaired) electrons. The second-order valence-corrected chi connectivity index (χ2v) is 13.6. The summed E-state index contributed by atoms with van der Waals surface area (Å²) in [6.45, 7) is 0. The lowest BCUT2D eigenvalue weighted by Crippen LogP contribution is -2.17. The van der Waals surface area contributed by atoms with Crippen molar-refractivity contribution in [2.24, 2.45) is 0 Å². The van der Waals surface area contributed by atoms with Crippen molar-refractivity contribution in [1.29, 1.82) is 0 Å². The van der Waals surface area contributed by atoms with E-state index in [2.05, 4.69) is 170 Å². The number of rotatable bonds is 3. The van der Waals surface area contributed by atoms with E-state index in [9.17, 15) is 0 Å². The first-order valence-electron chi connectivity index (χ1n) is 17.2. The average Bonchev–Trinajstić information content (AvgIpc) is 3.54. The van der Waals surface area contributed by atoms with Gasteiger partial charge in [-0.3, -0.25) is 0 Å². The fourth-order valence-electron chi connectivity index (χ4n) is 8.48. The summed E-state index contributed by atoms with van der Waals surface area (Å²) in [6.07, 6.45) is 6.89. The zero-order valence-corrected chi connectivity index (χ0v) is 26.7. The van der Waals surface area contributed by atoms with Gasteiger partial charge in [0, 0.05) is 17.0 Å². The lowest BCUT2D eigenvalue weighted by atomic mass is 9.83. The number of hydrogen-bond acceptors (Lipinski definition) is 1. The summed E-state index contributed by atoms with van der Waals surface area (Å²) in [4.78, 5) is 0. The predicted molar refractivity (Wildman–Crippen MR) is 207 cm³/mol. The van der Waals surface area contributed by atoms with Crippen LogP contribution >= 0.6 is 0 Å².